The molecule has 0 radical (unpaired) electrons. The van der Waals surface area contributed by atoms with Gasteiger partial charge in [-0.3, -0.25) is 0 Å². The van der Waals surface area contributed by atoms with Crippen molar-refractivity contribution in [3.05, 3.63) is 65.7 Å². The number of hydrogen-bond donors (Lipinski definition) is 3. The van der Waals surface area contributed by atoms with Crippen LogP contribution < -0.4 is 16.4 Å². The lowest BCUT2D eigenvalue weighted by molar-refractivity contribution is 0.627. The Hall–Kier alpha value is -3.26. The van der Waals surface area contributed by atoms with Crippen LogP contribution in [0.5, 0.6) is 0 Å². The molecular weight excluding hydrogens is 363 g/mol. The van der Waals surface area contributed by atoms with Gasteiger partial charge in [0, 0.05) is 6.54 Å². The third-order valence-electron chi connectivity index (χ3n) is 4.03. The molecule has 4 N–H and O–H groups in total. The normalized spacial score (nSPS) is 10.9. The fraction of sp³-hybridized carbons (Fsp3) is 0.105. The van der Waals surface area contributed by atoms with Gasteiger partial charge in [0.05, 0.1) is 10.2 Å². The highest BCUT2D eigenvalue weighted by molar-refractivity contribution is 7.22. The first kappa shape index (κ1) is 17.2. The number of thiazole rings is 1. The summed E-state index contributed by atoms with van der Waals surface area (Å²) < 4.78 is 14.1. The number of nitrogens with two attached hydrogens (primary N) is 1. The van der Waals surface area contributed by atoms with Gasteiger partial charge in [-0.05, 0) is 42.3 Å². The van der Waals surface area contributed by atoms with Crippen LogP contribution in [-0.2, 0) is 6.54 Å². The number of halogens is 1. The van der Waals surface area contributed by atoms with E-state index in [1.165, 1.54) is 35.4 Å². The van der Waals surface area contributed by atoms with Crippen LogP contribution in [0.15, 0.2) is 48.8 Å². The standard InChI is InChI=1S/C19H17FN6S/c1-11-2-7-14-15(8-11)27-19(25-14)26-18-16(21)17(23-10-24-18)22-9-12-3-5-13(20)6-4-12/h2-8,10H,9,21H2,1H3,(H2,22,23,24,25,26). The maximum absolute atomic E-state index is 13.0. The van der Waals surface area contributed by atoms with E-state index >= 15 is 0 Å². The van der Waals surface area contributed by atoms with Crippen LogP contribution in [-0.4, -0.2) is 15.0 Å². The fourth-order valence-corrected chi connectivity index (χ4v) is 3.57. The number of fused-ring (bicyclic) bond motifs is 1. The predicted octanol–water partition coefficient (Wildman–Crippen LogP) is 4.47. The molecule has 4 rings (SSSR count). The second-order valence-electron chi connectivity index (χ2n) is 6.08. The smallest absolute Gasteiger partial charge is 0.189 e. The van der Waals surface area contributed by atoms with Gasteiger partial charge in [0.1, 0.15) is 17.8 Å². The summed E-state index contributed by atoms with van der Waals surface area (Å²) in [5.41, 5.74) is 9.64. The average Bonchev–Trinajstić information content (AvgIpc) is 3.05. The van der Waals surface area contributed by atoms with Crippen molar-refractivity contribution in [2.75, 3.05) is 16.4 Å². The number of nitrogen functional groups attached to an aromatic ring is 1. The SMILES string of the molecule is Cc1ccc2nc(Nc3ncnc(NCc4ccc(F)cc4)c3N)sc2c1. The number of nitrogens with one attached hydrogen (secondary N) is 2. The van der Waals surface area contributed by atoms with Gasteiger partial charge in [-0.15, -0.1) is 0 Å². The van der Waals surface area contributed by atoms with Crippen LogP contribution in [0.4, 0.5) is 26.8 Å². The van der Waals surface area contributed by atoms with E-state index in [2.05, 4.69) is 31.7 Å². The van der Waals surface area contributed by atoms with Crippen molar-refractivity contribution in [3.8, 4) is 0 Å². The van der Waals surface area contributed by atoms with Crippen molar-refractivity contribution in [1.82, 2.24) is 15.0 Å². The number of rotatable bonds is 5. The van der Waals surface area contributed by atoms with E-state index in [9.17, 15) is 4.39 Å². The molecule has 2 aromatic carbocycles. The van der Waals surface area contributed by atoms with Crippen LogP contribution in [0.3, 0.4) is 0 Å². The van der Waals surface area contributed by atoms with E-state index in [0.717, 1.165) is 15.8 Å². The molecule has 0 spiro atoms. The second kappa shape index (κ2) is 7.16. The minimum absolute atomic E-state index is 0.266. The van der Waals surface area contributed by atoms with E-state index in [4.69, 9.17) is 5.73 Å². The molecule has 2 aromatic heterocycles. The fourth-order valence-electron chi connectivity index (χ4n) is 2.61. The van der Waals surface area contributed by atoms with Crippen molar-refractivity contribution >= 4 is 44.0 Å². The summed E-state index contributed by atoms with van der Waals surface area (Å²) >= 11 is 1.54. The first-order valence-corrected chi connectivity index (χ1v) is 9.13. The Labute approximate surface area is 159 Å². The van der Waals surface area contributed by atoms with Crippen molar-refractivity contribution in [2.45, 2.75) is 13.5 Å². The zero-order chi connectivity index (χ0) is 18.8. The number of benzene rings is 2. The van der Waals surface area contributed by atoms with Crippen molar-refractivity contribution < 1.29 is 4.39 Å². The zero-order valence-corrected chi connectivity index (χ0v) is 15.3. The summed E-state index contributed by atoms with van der Waals surface area (Å²) in [4.78, 5) is 13.0. The molecule has 0 amide bonds. The molecule has 0 fully saturated rings. The highest BCUT2D eigenvalue weighted by atomic mass is 32.1. The third-order valence-corrected chi connectivity index (χ3v) is 4.96. The molecule has 0 unspecified atom stereocenters. The Bertz CT molecular complexity index is 1090. The van der Waals surface area contributed by atoms with Crippen LogP contribution in [0.2, 0.25) is 0 Å². The number of anilines is 4. The summed E-state index contributed by atoms with van der Waals surface area (Å²) in [6, 6.07) is 12.4. The quantitative estimate of drug-likeness (QED) is 0.473. The van der Waals surface area contributed by atoms with E-state index in [-0.39, 0.29) is 5.82 Å². The zero-order valence-electron chi connectivity index (χ0n) is 14.5. The Morgan fingerprint density at radius 2 is 1.85 bits per heavy atom. The monoisotopic (exact) mass is 380 g/mol. The van der Waals surface area contributed by atoms with Crippen molar-refractivity contribution in [2.24, 2.45) is 0 Å². The minimum Gasteiger partial charge on any atom is -0.393 e. The molecule has 0 aliphatic heterocycles. The second-order valence-corrected chi connectivity index (χ2v) is 7.11. The lowest BCUT2D eigenvalue weighted by Crippen LogP contribution is -2.08. The van der Waals surface area contributed by atoms with Gasteiger partial charge in [0.2, 0.25) is 0 Å². The lowest BCUT2D eigenvalue weighted by atomic mass is 10.2. The van der Waals surface area contributed by atoms with E-state index in [1.807, 2.05) is 19.1 Å². The molecule has 0 atom stereocenters. The molecule has 0 aliphatic carbocycles. The molecule has 136 valence electrons. The van der Waals surface area contributed by atoms with E-state index in [0.29, 0.717) is 29.0 Å². The maximum atomic E-state index is 13.0. The Morgan fingerprint density at radius 3 is 2.67 bits per heavy atom. The summed E-state index contributed by atoms with van der Waals surface area (Å²) in [7, 11) is 0. The molecule has 8 heteroatoms. The van der Waals surface area contributed by atoms with Gasteiger partial charge in [0.15, 0.2) is 16.8 Å². The topological polar surface area (TPSA) is 88.8 Å². The van der Waals surface area contributed by atoms with E-state index < -0.39 is 0 Å². The van der Waals surface area contributed by atoms with E-state index in [1.54, 1.807) is 12.1 Å². The lowest BCUT2D eigenvalue weighted by Gasteiger charge is -2.11. The highest BCUT2D eigenvalue weighted by Crippen LogP contribution is 2.31. The van der Waals surface area contributed by atoms with Gasteiger partial charge in [-0.2, -0.15) is 0 Å². The van der Waals surface area contributed by atoms with Crippen LogP contribution in [0.1, 0.15) is 11.1 Å². The minimum atomic E-state index is -0.266. The first-order valence-electron chi connectivity index (χ1n) is 8.31. The Kier molecular flexibility index (Phi) is 4.55. The van der Waals surface area contributed by atoms with Gasteiger partial charge < -0.3 is 16.4 Å². The van der Waals surface area contributed by atoms with Gasteiger partial charge in [-0.25, -0.2) is 19.3 Å². The van der Waals surface area contributed by atoms with Crippen LogP contribution in [0.25, 0.3) is 10.2 Å². The molecule has 0 aliphatic rings. The predicted molar refractivity (Wildman–Crippen MR) is 108 cm³/mol. The largest absolute Gasteiger partial charge is 0.393 e. The van der Waals surface area contributed by atoms with Crippen LogP contribution >= 0.6 is 11.3 Å². The van der Waals surface area contributed by atoms with Crippen molar-refractivity contribution in [1.29, 1.82) is 0 Å². The summed E-state index contributed by atoms with van der Waals surface area (Å²) in [5.74, 6) is 0.731. The molecule has 0 saturated carbocycles. The summed E-state index contributed by atoms with van der Waals surface area (Å²) in [6.07, 6.45) is 1.43. The maximum Gasteiger partial charge on any atom is 0.189 e. The third kappa shape index (κ3) is 3.80. The molecule has 27 heavy (non-hydrogen) atoms. The molecule has 6 nitrogen and oxygen atoms in total. The Morgan fingerprint density at radius 1 is 1.07 bits per heavy atom. The van der Waals surface area contributed by atoms with Gasteiger partial charge in [0.25, 0.3) is 0 Å². The number of aromatic nitrogens is 3. The first-order chi connectivity index (χ1) is 13.1. The van der Waals surface area contributed by atoms with Crippen LogP contribution in [0, 0.1) is 12.7 Å². The number of aryl methyl sites for hydroxylation is 1. The number of hydrogen-bond acceptors (Lipinski definition) is 7. The number of nitrogens with zero attached hydrogens (tertiary/aromatic N) is 3. The average molecular weight is 380 g/mol. The summed E-state index contributed by atoms with van der Waals surface area (Å²) in [6.45, 7) is 2.52. The highest BCUT2D eigenvalue weighted by Gasteiger charge is 2.11. The van der Waals surface area contributed by atoms with Gasteiger partial charge >= 0.3 is 0 Å². The summed E-state index contributed by atoms with van der Waals surface area (Å²) in [5, 5.41) is 7.04. The van der Waals surface area contributed by atoms with Crippen molar-refractivity contribution in [3.63, 3.8) is 0 Å². The Balaban J connectivity index is 1.52. The molecule has 4 aromatic rings. The molecule has 2 heterocycles. The van der Waals surface area contributed by atoms with Gasteiger partial charge in [-0.1, -0.05) is 29.5 Å². The molecule has 0 bridgehead atoms. The molecule has 0 saturated heterocycles. The molecular formula is C19H17FN6S.